The maximum atomic E-state index is 6.02. The van der Waals surface area contributed by atoms with E-state index < -0.39 is 0 Å². The third-order valence-corrected chi connectivity index (χ3v) is 5.92. The van der Waals surface area contributed by atoms with Gasteiger partial charge in [0, 0.05) is 15.2 Å². The Labute approximate surface area is 131 Å². The summed E-state index contributed by atoms with van der Waals surface area (Å²) in [6, 6.07) is 15.6. The first-order chi connectivity index (χ1) is 10.3. The second-order valence-corrected chi connectivity index (χ2v) is 7.45. The summed E-state index contributed by atoms with van der Waals surface area (Å²) in [4.78, 5) is 2.71. The van der Waals surface area contributed by atoms with Crippen LogP contribution in [0.15, 0.2) is 42.5 Å². The van der Waals surface area contributed by atoms with E-state index in [2.05, 4.69) is 54.8 Å². The van der Waals surface area contributed by atoms with E-state index in [1.165, 1.54) is 47.4 Å². The molecule has 0 aliphatic heterocycles. The molecule has 1 aromatic heterocycles. The molecule has 0 radical (unpaired) electrons. The van der Waals surface area contributed by atoms with Crippen LogP contribution in [0, 0.1) is 6.92 Å². The van der Waals surface area contributed by atoms with E-state index in [9.17, 15) is 0 Å². The molecular weight excluding hydrogens is 276 g/mol. The summed E-state index contributed by atoms with van der Waals surface area (Å²) in [5.41, 5.74) is 4.71. The maximum absolute atomic E-state index is 6.02. The van der Waals surface area contributed by atoms with E-state index >= 15 is 0 Å². The van der Waals surface area contributed by atoms with Crippen molar-refractivity contribution in [2.75, 3.05) is 0 Å². The van der Waals surface area contributed by atoms with Gasteiger partial charge in [-0.2, -0.15) is 0 Å². The van der Waals surface area contributed by atoms with Gasteiger partial charge in [0.1, 0.15) is 0 Å². The SMILES string of the molecule is Cc1ccc(C(NN)C2(c3ccccc3)CCCCC2)s1. The van der Waals surface area contributed by atoms with Crippen molar-refractivity contribution in [1.29, 1.82) is 0 Å². The molecule has 0 spiro atoms. The monoisotopic (exact) mass is 300 g/mol. The lowest BCUT2D eigenvalue weighted by Crippen LogP contribution is -2.45. The van der Waals surface area contributed by atoms with Crippen LogP contribution in [0.1, 0.15) is 53.5 Å². The van der Waals surface area contributed by atoms with E-state index in [0.29, 0.717) is 0 Å². The van der Waals surface area contributed by atoms with Crippen molar-refractivity contribution in [1.82, 2.24) is 5.43 Å². The number of hydrogen-bond acceptors (Lipinski definition) is 3. The van der Waals surface area contributed by atoms with Crippen molar-refractivity contribution in [3.8, 4) is 0 Å². The van der Waals surface area contributed by atoms with Gasteiger partial charge in [0.2, 0.25) is 0 Å². The van der Waals surface area contributed by atoms with Crippen molar-refractivity contribution in [3.63, 3.8) is 0 Å². The van der Waals surface area contributed by atoms with Crippen LogP contribution in [0.3, 0.4) is 0 Å². The lowest BCUT2D eigenvalue weighted by atomic mass is 9.64. The van der Waals surface area contributed by atoms with Crippen LogP contribution in [0.4, 0.5) is 0 Å². The second kappa shape index (κ2) is 6.30. The Balaban J connectivity index is 2.05. The van der Waals surface area contributed by atoms with Crippen LogP contribution in [-0.2, 0) is 5.41 Å². The molecule has 1 unspecified atom stereocenters. The minimum atomic E-state index is 0.131. The number of hydrazine groups is 1. The molecule has 1 saturated carbocycles. The molecule has 112 valence electrons. The third kappa shape index (κ3) is 2.78. The molecule has 0 amide bonds. The molecule has 1 fully saturated rings. The summed E-state index contributed by atoms with van der Waals surface area (Å²) in [5.74, 6) is 6.02. The van der Waals surface area contributed by atoms with E-state index in [0.717, 1.165) is 0 Å². The summed E-state index contributed by atoms with van der Waals surface area (Å²) in [5, 5.41) is 0. The number of nitrogens with two attached hydrogens (primary N) is 1. The highest BCUT2D eigenvalue weighted by molar-refractivity contribution is 7.12. The summed E-state index contributed by atoms with van der Waals surface area (Å²) in [7, 11) is 0. The topological polar surface area (TPSA) is 38.0 Å². The molecule has 2 aromatic rings. The highest BCUT2D eigenvalue weighted by atomic mass is 32.1. The van der Waals surface area contributed by atoms with E-state index in [1.54, 1.807) is 0 Å². The zero-order valence-electron chi connectivity index (χ0n) is 12.6. The smallest absolute Gasteiger partial charge is 0.0649 e. The predicted molar refractivity (Wildman–Crippen MR) is 90.3 cm³/mol. The fourth-order valence-electron chi connectivity index (χ4n) is 3.82. The lowest BCUT2D eigenvalue weighted by molar-refractivity contribution is 0.217. The van der Waals surface area contributed by atoms with Gasteiger partial charge in [-0.3, -0.25) is 11.3 Å². The van der Waals surface area contributed by atoms with Crippen molar-refractivity contribution in [2.24, 2.45) is 5.84 Å². The fourth-order valence-corrected chi connectivity index (χ4v) is 4.87. The van der Waals surface area contributed by atoms with Gasteiger partial charge < -0.3 is 0 Å². The summed E-state index contributed by atoms with van der Waals surface area (Å²) >= 11 is 1.86. The van der Waals surface area contributed by atoms with E-state index in [1.807, 2.05) is 11.3 Å². The Morgan fingerprint density at radius 1 is 1.05 bits per heavy atom. The lowest BCUT2D eigenvalue weighted by Gasteiger charge is -2.43. The van der Waals surface area contributed by atoms with Crippen LogP contribution in [0.25, 0.3) is 0 Å². The minimum Gasteiger partial charge on any atom is -0.271 e. The quantitative estimate of drug-likeness (QED) is 0.646. The van der Waals surface area contributed by atoms with Crippen LogP contribution in [0.5, 0.6) is 0 Å². The van der Waals surface area contributed by atoms with Crippen molar-refractivity contribution in [2.45, 2.75) is 50.5 Å². The fraction of sp³-hybridized carbons (Fsp3) is 0.444. The van der Waals surface area contributed by atoms with Crippen LogP contribution in [-0.4, -0.2) is 0 Å². The van der Waals surface area contributed by atoms with Gasteiger partial charge in [-0.1, -0.05) is 49.6 Å². The van der Waals surface area contributed by atoms with E-state index in [-0.39, 0.29) is 11.5 Å². The highest BCUT2D eigenvalue weighted by Crippen LogP contribution is 2.49. The molecule has 21 heavy (non-hydrogen) atoms. The first-order valence-electron chi connectivity index (χ1n) is 7.84. The van der Waals surface area contributed by atoms with Crippen LogP contribution < -0.4 is 11.3 Å². The molecule has 2 nitrogen and oxygen atoms in total. The van der Waals surface area contributed by atoms with Gasteiger partial charge in [0.05, 0.1) is 6.04 Å². The molecule has 3 heteroatoms. The molecular formula is C18H24N2S. The summed E-state index contributed by atoms with van der Waals surface area (Å²) in [6.45, 7) is 2.16. The Bertz CT molecular complexity index is 570. The molecule has 3 N–H and O–H groups in total. The predicted octanol–water partition coefficient (Wildman–Crippen LogP) is 4.46. The number of benzene rings is 1. The van der Waals surface area contributed by atoms with Crippen LogP contribution >= 0.6 is 11.3 Å². The Hall–Kier alpha value is -1.16. The number of thiophene rings is 1. The number of nitrogens with one attached hydrogen (secondary N) is 1. The van der Waals surface area contributed by atoms with Gasteiger partial charge >= 0.3 is 0 Å². The molecule has 1 aromatic carbocycles. The van der Waals surface area contributed by atoms with Gasteiger partial charge in [-0.25, -0.2) is 0 Å². The Morgan fingerprint density at radius 3 is 2.33 bits per heavy atom. The van der Waals surface area contributed by atoms with Gasteiger partial charge in [0.25, 0.3) is 0 Å². The molecule has 1 aliphatic rings. The first-order valence-corrected chi connectivity index (χ1v) is 8.66. The standard InChI is InChI=1S/C18H24N2S/c1-14-10-11-16(21-14)17(20-19)18(12-6-3-7-13-18)15-8-4-2-5-9-15/h2,4-5,8-11,17,20H,3,6-7,12-13,19H2,1H3. The van der Waals surface area contributed by atoms with Crippen molar-refractivity contribution >= 4 is 11.3 Å². The molecule has 0 saturated heterocycles. The average molecular weight is 300 g/mol. The molecule has 1 atom stereocenters. The van der Waals surface area contributed by atoms with Gasteiger partial charge in [-0.15, -0.1) is 11.3 Å². The molecule has 1 aliphatic carbocycles. The largest absolute Gasteiger partial charge is 0.271 e. The van der Waals surface area contributed by atoms with Crippen LogP contribution in [0.2, 0.25) is 0 Å². The third-order valence-electron chi connectivity index (χ3n) is 4.86. The van der Waals surface area contributed by atoms with Gasteiger partial charge in [0.15, 0.2) is 0 Å². The van der Waals surface area contributed by atoms with E-state index in [4.69, 9.17) is 5.84 Å². The minimum absolute atomic E-state index is 0.131. The maximum Gasteiger partial charge on any atom is 0.0649 e. The zero-order chi connectivity index (χ0) is 14.7. The zero-order valence-corrected chi connectivity index (χ0v) is 13.5. The normalized spacial score (nSPS) is 19.3. The molecule has 1 heterocycles. The van der Waals surface area contributed by atoms with Crippen molar-refractivity contribution < 1.29 is 0 Å². The average Bonchev–Trinajstić information content (AvgIpc) is 2.96. The molecule has 0 bridgehead atoms. The molecule has 3 rings (SSSR count). The summed E-state index contributed by atoms with van der Waals surface area (Å²) < 4.78 is 0. The Morgan fingerprint density at radius 2 is 1.76 bits per heavy atom. The highest BCUT2D eigenvalue weighted by Gasteiger charge is 2.42. The number of rotatable bonds is 4. The number of hydrogen-bond donors (Lipinski definition) is 2. The Kier molecular flexibility index (Phi) is 4.43. The second-order valence-electron chi connectivity index (χ2n) is 6.13. The number of aryl methyl sites for hydroxylation is 1. The van der Waals surface area contributed by atoms with Gasteiger partial charge in [-0.05, 0) is 37.5 Å². The van der Waals surface area contributed by atoms with Crippen molar-refractivity contribution in [3.05, 3.63) is 57.8 Å². The first kappa shape index (κ1) is 14.8. The summed E-state index contributed by atoms with van der Waals surface area (Å²) in [6.07, 6.45) is 6.34.